The lowest BCUT2D eigenvalue weighted by atomic mass is 10.1. The fourth-order valence-corrected chi connectivity index (χ4v) is 3.47. The predicted octanol–water partition coefficient (Wildman–Crippen LogP) is 3.70. The molecule has 23 heavy (non-hydrogen) atoms. The highest BCUT2D eigenvalue weighted by Crippen LogP contribution is 2.31. The van der Waals surface area contributed by atoms with Gasteiger partial charge in [-0.1, -0.05) is 15.9 Å². The van der Waals surface area contributed by atoms with Gasteiger partial charge in [-0.2, -0.15) is 0 Å². The highest BCUT2D eigenvalue weighted by Gasteiger charge is 2.29. The third-order valence-corrected chi connectivity index (χ3v) is 4.73. The number of benzene rings is 1. The second-order valence-electron chi connectivity index (χ2n) is 5.84. The molecule has 1 N–H and O–H groups in total. The molecule has 0 saturated carbocycles. The van der Waals surface area contributed by atoms with Crippen LogP contribution in [0, 0.1) is 5.82 Å². The number of rotatable bonds is 4. The number of hydrogen-bond acceptors (Lipinski definition) is 2. The van der Waals surface area contributed by atoms with E-state index in [4.69, 9.17) is 0 Å². The quantitative estimate of drug-likeness (QED) is 0.878. The summed E-state index contributed by atoms with van der Waals surface area (Å²) in [5.74, 6) is -0.625. The molecule has 4 nitrogen and oxygen atoms in total. The summed E-state index contributed by atoms with van der Waals surface area (Å²) in [4.78, 5) is 14.4. The molecule has 0 bridgehead atoms. The monoisotopic (exact) mass is 379 g/mol. The molecular weight excluding hydrogens is 361 g/mol. The van der Waals surface area contributed by atoms with E-state index in [-0.39, 0.29) is 24.2 Å². The first-order valence-corrected chi connectivity index (χ1v) is 8.44. The Morgan fingerprint density at radius 1 is 1.43 bits per heavy atom. The van der Waals surface area contributed by atoms with Crippen LogP contribution >= 0.6 is 15.9 Å². The zero-order chi connectivity index (χ0) is 16.4. The Morgan fingerprint density at radius 3 is 2.96 bits per heavy atom. The molecule has 3 rings (SSSR count). The van der Waals surface area contributed by atoms with Crippen molar-refractivity contribution in [2.45, 2.75) is 18.9 Å². The fraction of sp³-hybridized carbons (Fsp3) is 0.353. The van der Waals surface area contributed by atoms with Gasteiger partial charge in [-0.3, -0.25) is 9.69 Å². The van der Waals surface area contributed by atoms with Gasteiger partial charge in [0.05, 0.1) is 18.3 Å². The van der Waals surface area contributed by atoms with Gasteiger partial charge in [0.15, 0.2) is 0 Å². The van der Waals surface area contributed by atoms with Crippen LogP contribution in [0.15, 0.2) is 41.0 Å². The molecule has 0 radical (unpaired) electrons. The van der Waals surface area contributed by atoms with Crippen LogP contribution in [0.3, 0.4) is 0 Å². The number of hydrogen-bond donors (Lipinski definition) is 1. The predicted molar refractivity (Wildman–Crippen MR) is 91.7 cm³/mol. The van der Waals surface area contributed by atoms with E-state index in [2.05, 4.69) is 36.8 Å². The molecule has 122 valence electrons. The van der Waals surface area contributed by atoms with Crippen molar-refractivity contribution in [2.24, 2.45) is 7.05 Å². The molecule has 1 fully saturated rings. The minimum absolute atomic E-state index is 0.188. The molecule has 1 amide bonds. The summed E-state index contributed by atoms with van der Waals surface area (Å²) in [6.45, 7) is 1.15. The Bertz CT molecular complexity index is 716. The van der Waals surface area contributed by atoms with E-state index in [9.17, 15) is 9.18 Å². The Kier molecular flexibility index (Phi) is 4.82. The Hall–Kier alpha value is -1.66. The average molecular weight is 380 g/mol. The lowest BCUT2D eigenvalue weighted by Crippen LogP contribution is -2.33. The second kappa shape index (κ2) is 6.84. The number of aromatic nitrogens is 1. The van der Waals surface area contributed by atoms with Crippen LogP contribution in [0.4, 0.5) is 10.1 Å². The molecule has 0 unspecified atom stereocenters. The van der Waals surface area contributed by atoms with Gasteiger partial charge < -0.3 is 9.88 Å². The summed E-state index contributed by atoms with van der Waals surface area (Å²) >= 11 is 3.21. The molecule has 6 heteroatoms. The van der Waals surface area contributed by atoms with Crippen LogP contribution in [0.1, 0.15) is 24.6 Å². The van der Waals surface area contributed by atoms with Gasteiger partial charge in [-0.05, 0) is 49.7 Å². The Labute approximate surface area is 143 Å². The number of halogens is 2. The number of carbonyl (C=O) groups excluding carboxylic acids is 1. The summed E-state index contributed by atoms with van der Waals surface area (Å²) in [5, 5.41) is 2.66. The maximum absolute atomic E-state index is 13.8. The first-order chi connectivity index (χ1) is 11.0. The summed E-state index contributed by atoms with van der Waals surface area (Å²) < 4.78 is 16.6. The van der Waals surface area contributed by atoms with E-state index < -0.39 is 5.82 Å². The van der Waals surface area contributed by atoms with Crippen molar-refractivity contribution in [3.8, 4) is 0 Å². The number of anilines is 1. The zero-order valence-corrected chi connectivity index (χ0v) is 14.5. The lowest BCUT2D eigenvalue weighted by Gasteiger charge is -2.24. The topological polar surface area (TPSA) is 37.3 Å². The Balaban J connectivity index is 1.66. The van der Waals surface area contributed by atoms with E-state index in [0.717, 1.165) is 19.4 Å². The molecule has 1 aromatic heterocycles. The molecule has 1 aromatic carbocycles. The molecule has 2 heterocycles. The summed E-state index contributed by atoms with van der Waals surface area (Å²) in [6, 6.07) is 8.98. The largest absolute Gasteiger partial charge is 0.353 e. The van der Waals surface area contributed by atoms with E-state index in [1.165, 1.54) is 11.8 Å². The molecule has 1 aliphatic rings. The molecular formula is C17H19BrFN3O. The fourth-order valence-electron chi connectivity index (χ4n) is 3.14. The first kappa shape index (κ1) is 16.2. The SMILES string of the molecule is Cn1cccc1[C@H]1CCCN1CC(=O)Nc1ccc(Br)cc1F. The number of nitrogens with one attached hydrogen (secondary N) is 1. The van der Waals surface area contributed by atoms with Gasteiger partial charge in [0, 0.05) is 23.4 Å². The summed E-state index contributed by atoms with van der Waals surface area (Å²) in [5.41, 5.74) is 1.43. The van der Waals surface area contributed by atoms with Crippen molar-refractivity contribution < 1.29 is 9.18 Å². The highest BCUT2D eigenvalue weighted by molar-refractivity contribution is 9.10. The van der Waals surface area contributed by atoms with Crippen molar-refractivity contribution in [3.63, 3.8) is 0 Å². The van der Waals surface area contributed by atoms with Crippen LogP contribution in [0.5, 0.6) is 0 Å². The van der Waals surface area contributed by atoms with E-state index in [1.807, 2.05) is 19.3 Å². The van der Waals surface area contributed by atoms with Crippen molar-refractivity contribution in [1.82, 2.24) is 9.47 Å². The number of likely N-dealkylation sites (tertiary alicyclic amines) is 1. The van der Waals surface area contributed by atoms with Crippen LogP contribution in [-0.2, 0) is 11.8 Å². The zero-order valence-electron chi connectivity index (χ0n) is 12.9. The summed E-state index contributed by atoms with van der Waals surface area (Å²) in [7, 11) is 2.02. The van der Waals surface area contributed by atoms with Gasteiger partial charge in [0.25, 0.3) is 0 Å². The third-order valence-electron chi connectivity index (χ3n) is 4.24. The van der Waals surface area contributed by atoms with E-state index >= 15 is 0 Å². The van der Waals surface area contributed by atoms with Gasteiger partial charge in [0.2, 0.25) is 5.91 Å². The number of aryl methyl sites for hydroxylation is 1. The van der Waals surface area contributed by atoms with Gasteiger partial charge >= 0.3 is 0 Å². The van der Waals surface area contributed by atoms with Crippen molar-refractivity contribution in [3.05, 3.63) is 52.5 Å². The molecule has 2 aromatic rings. The number of nitrogens with zero attached hydrogens (tertiary/aromatic N) is 2. The molecule has 1 atom stereocenters. The third kappa shape index (κ3) is 3.64. The van der Waals surface area contributed by atoms with E-state index in [1.54, 1.807) is 12.1 Å². The van der Waals surface area contributed by atoms with E-state index in [0.29, 0.717) is 4.47 Å². The van der Waals surface area contributed by atoms with Crippen LogP contribution in [0.2, 0.25) is 0 Å². The average Bonchev–Trinajstić information content (AvgIpc) is 3.10. The first-order valence-electron chi connectivity index (χ1n) is 7.65. The summed E-state index contributed by atoms with van der Waals surface area (Å²) in [6.07, 6.45) is 4.12. The van der Waals surface area contributed by atoms with Gasteiger partial charge in [-0.15, -0.1) is 0 Å². The normalized spacial score (nSPS) is 18.3. The van der Waals surface area contributed by atoms with Crippen LogP contribution in [0.25, 0.3) is 0 Å². The minimum atomic E-state index is -0.437. The number of carbonyl (C=O) groups is 1. The molecule has 0 aliphatic carbocycles. The maximum Gasteiger partial charge on any atom is 0.238 e. The van der Waals surface area contributed by atoms with Crippen LogP contribution < -0.4 is 5.32 Å². The second-order valence-corrected chi connectivity index (χ2v) is 6.76. The Morgan fingerprint density at radius 2 is 2.26 bits per heavy atom. The number of amides is 1. The highest BCUT2D eigenvalue weighted by atomic mass is 79.9. The van der Waals surface area contributed by atoms with Gasteiger partial charge in [0.1, 0.15) is 5.82 Å². The van der Waals surface area contributed by atoms with Gasteiger partial charge in [-0.25, -0.2) is 4.39 Å². The van der Waals surface area contributed by atoms with Crippen molar-refractivity contribution >= 4 is 27.5 Å². The van der Waals surface area contributed by atoms with Crippen LogP contribution in [-0.4, -0.2) is 28.5 Å². The smallest absolute Gasteiger partial charge is 0.238 e. The molecule has 1 aliphatic heterocycles. The standard InChI is InChI=1S/C17H19BrFN3O/c1-21-8-2-4-15(21)16-5-3-9-22(16)11-17(23)20-14-7-6-12(18)10-13(14)19/h2,4,6-8,10,16H,3,5,9,11H2,1H3,(H,20,23)/t16-/m1/s1. The molecule has 1 saturated heterocycles. The van der Waals surface area contributed by atoms with Crippen molar-refractivity contribution in [1.29, 1.82) is 0 Å². The maximum atomic E-state index is 13.8. The van der Waals surface area contributed by atoms with Crippen molar-refractivity contribution in [2.75, 3.05) is 18.4 Å². The molecule has 0 spiro atoms. The lowest BCUT2D eigenvalue weighted by molar-refractivity contribution is -0.117. The minimum Gasteiger partial charge on any atom is -0.353 e.